The summed E-state index contributed by atoms with van der Waals surface area (Å²) in [6.45, 7) is 1.88. The predicted octanol–water partition coefficient (Wildman–Crippen LogP) is 7.80. The number of alkyl halides is 9. The Morgan fingerprint density at radius 3 is 1.91 bits per heavy atom. The highest BCUT2D eigenvalue weighted by molar-refractivity contribution is 5.42. The van der Waals surface area contributed by atoms with Crippen LogP contribution in [0.25, 0.3) is 0 Å². The molecule has 1 unspecified atom stereocenters. The minimum Gasteiger partial charge on any atom is -0.330 e. The lowest BCUT2D eigenvalue weighted by atomic mass is 9.78. The van der Waals surface area contributed by atoms with Gasteiger partial charge in [-0.2, -0.15) is 44.3 Å². The first kappa shape index (κ1) is 32.0. The molecule has 6 nitrogen and oxygen atoms in total. The molecule has 0 N–H and O–H groups in total. The Hall–Kier alpha value is -3.36. The minimum absolute atomic E-state index is 0.0253. The number of halogens is 9. The van der Waals surface area contributed by atoms with E-state index in [1.165, 1.54) is 18.0 Å². The molecule has 15 heteroatoms. The molecule has 240 valence electrons. The second-order valence-electron chi connectivity index (χ2n) is 11.6. The predicted molar refractivity (Wildman–Crippen MR) is 142 cm³/mol. The molecule has 1 atom stereocenters. The third-order valence-electron chi connectivity index (χ3n) is 8.53. The number of aryl methyl sites for hydroxylation is 1. The molecule has 2 aliphatic heterocycles. The first-order valence-electron chi connectivity index (χ1n) is 14.3. The van der Waals surface area contributed by atoms with Crippen LogP contribution in [-0.4, -0.2) is 37.7 Å². The summed E-state index contributed by atoms with van der Waals surface area (Å²) in [6, 6.07) is 4.69. The van der Waals surface area contributed by atoms with Gasteiger partial charge in [0.2, 0.25) is 0 Å². The maximum Gasteiger partial charge on any atom is 0.416 e. The van der Waals surface area contributed by atoms with E-state index in [-0.39, 0.29) is 41.8 Å². The van der Waals surface area contributed by atoms with Crippen LogP contribution < -0.4 is 4.90 Å². The van der Waals surface area contributed by atoms with E-state index in [1.807, 2.05) is 6.92 Å². The van der Waals surface area contributed by atoms with Gasteiger partial charge in [-0.05, 0) is 90.3 Å². The van der Waals surface area contributed by atoms with Crippen LogP contribution >= 0.6 is 0 Å². The van der Waals surface area contributed by atoms with Crippen molar-refractivity contribution in [2.75, 3.05) is 11.4 Å². The van der Waals surface area contributed by atoms with Gasteiger partial charge in [0.05, 0.1) is 23.7 Å². The topological polar surface area (TPSA) is 50.1 Å². The molecule has 0 radical (unpaired) electrons. The summed E-state index contributed by atoms with van der Waals surface area (Å²) in [5.41, 5.74) is -3.45. The first-order chi connectivity index (χ1) is 20.5. The number of rotatable bonds is 8. The van der Waals surface area contributed by atoms with E-state index in [0.717, 1.165) is 49.2 Å². The molecule has 6 rings (SSSR count). The standard InChI is InChI=1S/C29H31F9N6/c1-3-25(44-15-17-4-7-23(44)8-5-17)24-9-6-20(27(30,31)32)12-19(24)16-43(26-39-41-42(2)40-26)14-18-10-21(28(33,34)35)13-22(11-18)29(36,37)38/h6,9-13,17,23,25H,3-5,7-8,14-16H2,1-2H3/t17-,23+,25?. The zero-order valence-corrected chi connectivity index (χ0v) is 23.9. The zero-order valence-electron chi connectivity index (χ0n) is 23.9. The van der Waals surface area contributed by atoms with E-state index in [1.54, 1.807) is 0 Å². The number of nitrogens with zero attached hydrogens (tertiary/aromatic N) is 6. The fourth-order valence-corrected chi connectivity index (χ4v) is 6.50. The molecule has 3 fully saturated rings. The molecule has 0 amide bonds. The van der Waals surface area contributed by atoms with Gasteiger partial charge in [-0.25, -0.2) is 0 Å². The zero-order chi connectivity index (χ0) is 32.0. The third-order valence-corrected chi connectivity index (χ3v) is 8.53. The number of hydrogen-bond donors (Lipinski definition) is 0. The first-order valence-corrected chi connectivity index (χ1v) is 14.3. The number of hydrogen-bond acceptors (Lipinski definition) is 5. The molecule has 3 aromatic rings. The van der Waals surface area contributed by atoms with Gasteiger partial charge in [0.15, 0.2) is 0 Å². The van der Waals surface area contributed by atoms with Crippen molar-refractivity contribution in [2.24, 2.45) is 13.0 Å². The minimum atomic E-state index is -5.07. The van der Waals surface area contributed by atoms with Crippen molar-refractivity contribution in [2.45, 2.75) is 82.7 Å². The van der Waals surface area contributed by atoms with Crippen LogP contribution in [0, 0.1) is 5.92 Å². The summed E-state index contributed by atoms with van der Waals surface area (Å²) in [7, 11) is 1.41. The van der Waals surface area contributed by atoms with Crippen LogP contribution in [0.15, 0.2) is 36.4 Å². The highest BCUT2D eigenvalue weighted by Gasteiger charge is 2.40. The van der Waals surface area contributed by atoms with Crippen molar-refractivity contribution in [1.82, 2.24) is 25.1 Å². The van der Waals surface area contributed by atoms with Crippen molar-refractivity contribution in [3.63, 3.8) is 0 Å². The Labute approximate surface area is 247 Å². The maximum atomic E-state index is 13.9. The summed E-state index contributed by atoms with van der Waals surface area (Å²) < 4.78 is 123. The molecular weight excluding hydrogens is 603 g/mol. The molecule has 44 heavy (non-hydrogen) atoms. The molecule has 2 saturated heterocycles. The fourth-order valence-electron chi connectivity index (χ4n) is 6.50. The van der Waals surface area contributed by atoms with Crippen LogP contribution in [-0.2, 0) is 38.7 Å². The monoisotopic (exact) mass is 634 g/mol. The normalized spacial score (nSPS) is 20.2. The lowest BCUT2D eigenvalue weighted by Crippen LogP contribution is -2.49. The average Bonchev–Trinajstić information content (AvgIpc) is 3.39. The van der Waals surface area contributed by atoms with Crippen molar-refractivity contribution in [1.29, 1.82) is 0 Å². The summed E-state index contributed by atoms with van der Waals surface area (Å²) in [4.78, 5) is 4.62. The van der Waals surface area contributed by atoms with Crippen molar-refractivity contribution < 1.29 is 39.5 Å². The Morgan fingerprint density at radius 1 is 0.818 bits per heavy atom. The molecule has 2 aromatic carbocycles. The van der Waals surface area contributed by atoms with E-state index >= 15 is 0 Å². The molecule has 1 aromatic heterocycles. The van der Waals surface area contributed by atoms with Gasteiger partial charge >= 0.3 is 18.5 Å². The lowest BCUT2D eigenvalue weighted by molar-refractivity contribution is -0.143. The van der Waals surface area contributed by atoms with Gasteiger partial charge in [0, 0.05) is 31.7 Å². The van der Waals surface area contributed by atoms with Gasteiger partial charge < -0.3 is 4.90 Å². The van der Waals surface area contributed by atoms with Gasteiger partial charge in [-0.15, -0.1) is 5.10 Å². The Balaban J connectivity index is 1.58. The van der Waals surface area contributed by atoms with Crippen molar-refractivity contribution >= 4 is 5.95 Å². The van der Waals surface area contributed by atoms with E-state index in [9.17, 15) is 39.5 Å². The van der Waals surface area contributed by atoms with Crippen LogP contribution in [0.5, 0.6) is 0 Å². The fraction of sp³-hybridized carbons (Fsp3) is 0.552. The number of anilines is 1. The summed E-state index contributed by atoms with van der Waals surface area (Å²) in [6.07, 6.45) is -10.1. The van der Waals surface area contributed by atoms with E-state index < -0.39 is 41.8 Å². The van der Waals surface area contributed by atoms with Gasteiger partial charge in [0.1, 0.15) is 0 Å². The van der Waals surface area contributed by atoms with Gasteiger partial charge in [-0.3, -0.25) is 4.90 Å². The van der Waals surface area contributed by atoms with E-state index in [0.29, 0.717) is 30.0 Å². The summed E-state index contributed by atoms with van der Waals surface area (Å²) >= 11 is 0. The molecule has 2 bridgehead atoms. The largest absolute Gasteiger partial charge is 0.416 e. The van der Waals surface area contributed by atoms with Crippen molar-refractivity contribution in [3.05, 3.63) is 69.8 Å². The number of benzene rings is 2. The quantitative estimate of drug-likeness (QED) is 0.237. The smallest absolute Gasteiger partial charge is 0.330 e. The van der Waals surface area contributed by atoms with E-state index in [4.69, 9.17) is 0 Å². The molecule has 0 spiro atoms. The Morgan fingerprint density at radius 2 is 1.43 bits per heavy atom. The lowest BCUT2D eigenvalue weighted by Gasteiger charge is -2.49. The highest BCUT2D eigenvalue weighted by atomic mass is 19.4. The SMILES string of the molecule is CCC(c1ccc(C(F)(F)F)cc1CN(Cc1cc(C(F)(F)F)cc(C(F)(F)F)c1)c1nnn(C)n1)N1C[C@H]2CC[C@@H]1CC2. The number of fused-ring (bicyclic) bond motifs is 3. The Kier molecular flexibility index (Phi) is 8.64. The highest BCUT2D eigenvalue weighted by Crippen LogP contribution is 2.43. The van der Waals surface area contributed by atoms with Crippen molar-refractivity contribution in [3.8, 4) is 0 Å². The third kappa shape index (κ3) is 6.97. The summed E-state index contributed by atoms with van der Waals surface area (Å²) in [5.74, 6) is 0.336. The second kappa shape index (κ2) is 11.9. The number of piperidine rings is 2. The molecule has 1 saturated carbocycles. The molecule has 3 heterocycles. The second-order valence-corrected chi connectivity index (χ2v) is 11.6. The Bertz CT molecular complexity index is 1420. The van der Waals surface area contributed by atoms with Crippen LogP contribution in [0.1, 0.15) is 78.5 Å². The van der Waals surface area contributed by atoms with Crippen LogP contribution in [0.3, 0.4) is 0 Å². The molecule has 1 aliphatic carbocycles. The maximum absolute atomic E-state index is 13.9. The molecular formula is C29H31F9N6. The average molecular weight is 635 g/mol. The van der Waals surface area contributed by atoms with E-state index in [2.05, 4.69) is 20.3 Å². The summed E-state index contributed by atoms with van der Waals surface area (Å²) in [5, 5.41) is 11.7. The molecule has 3 aliphatic rings. The van der Waals surface area contributed by atoms with Gasteiger partial charge in [-0.1, -0.05) is 18.1 Å². The van der Waals surface area contributed by atoms with Crippen LogP contribution in [0.4, 0.5) is 45.5 Å². The number of tetrazole rings is 1. The van der Waals surface area contributed by atoms with Gasteiger partial charge in [0.25, 0.3) is 5.95 Å². The van der Waals surface area contributed by atoms with Crippen LogP contribution in [0.2, 0.25) is 0 Å². The number of aromatic nitrogens is 4.